The first-order valence-electron chi connectivity index (χ1n) is 7.33. The zero-order valence-corrected chi connectivity index (χ0v) is 11.4. The summed E-state index contributed by atoms with van der Waals surface area (Å²) in [6.07, 6.45) is 7.29. The lowest BCUT2D eigenvalue weighted by Crippen LogP contribution is -2.53. The van der Waals surface area contributed by atoms with Gasteiger partial charge in [0.2, 0.25) is 0 Å². The highest BCUT2D eigenvalue weighted by Crippen LogP contribution is 2.40. The van der Waals surface area contributed by atoms with E-state index < -0.39 is 5.60 Å². The molecule has 1 aliphatic heterocycles. The average molecular weight is 261 g/mol. The fourth-order valence-electron chi connectivity index (χ4n) is 3.58. The first-order chi connectivity index (χ1) is 9.21. The van der Waals surface area contributed by atoms with Crippen molar-refractivity contribution < 1.29 is 5.11 Å². The molecule has 0 amide bonds. The number of hydrogen-bond donors (Lipinski definition) is 2. The second-order valence-electron chi connectivity index (χ2n) is 5.95. The summed E-state index contributed by atoms with van der Waals surface area (Å²) < 4.78 is 0. The highest BCUT2D eigenvalue weighted by atomic mass is 16.3. The topological polar surface area (TPSA) is 62.4 Å². The van der Waals surface area contributed by atoms with Gasteiger partial charge in [0.05, 0.1) is 11.3 Å². The van der Waals surface area contributed by atoms with E-state index in [0.717, 1.165) is 38.0 Å². The molecule has 0 spiro atoms. The molecule has 0 radical (unpaired) electrons. The molecule has 0 aromatic carbocycles. The minimum absolute atomic E-state index is 0.404. The molecule has 1 aliphatic carbocycles. The van der Waals surface area contributed by atoms with Crippen LogP contribution >= 0.6 is 0 Å². The molecule has 3 N–H and O–H groups in total. The number of pyridine rings is 1. The van der Waals surface area contributed by atoms with Crippen LogP contribution in [0.5, 0.6) is 0 Å². The van der Waals surface area contributed by atoms with Gasteiger partial charge in [0.15, 0.2) is 0 Å². The summed E-state index contributed by atoms with van der Waals surface area (Å²) in [5, 5.41) is 10.7. The maximum Gasteiger partial charge on any atom is 0.0709 e. The number of rotatable bonds is 2. The van der Waals surface area contributed by atoms with E-state index in [9.17, 15) is 5.11 Å². The van der Waals surface area contributed by atoms with Gasteiger partial charge >= 0.3 is 0 Å². The lowest BCUT2D eigenvalue weighted by molar-refractivity contribution is -0.0612. The summed E-state index contributed by atoms with van der Waals surface area (Å²) >= 11 is 0. The van der Waals surface area contributed by atoms with Crippen molar-refractivity contribution in [3.05, 3.63) is 24.0 Å². The largest absolute Gasteiger partial charge is 0.389 e. The van der Waals surface area contributed by atoms with E-state index in [-0.39, 0.29) is 0 Å². The highest BCUT2D eigenvalue weighted by molar-refractivity contribution is 5.47. The maximum absolute atomic E-state index is 10.7. The molecule has 2 atom stereocenters. The molecular weight excluding hydrogens is 238 g/mol. The molecule has 1 aromatic rings. The smallest absolute Gasteiger partial charge is 0.0709 e. The number of aliphatic hydroxyl groups is 1. The van der Waals surface area contributed by atoms with Gasteiger partial charge in [0.1, 0.15) is 0 Å². The molecule has 104 valence electrons. The van der Waals surface area contributed by atoms with Crippen LogP contribution in [-0.4, -0.2) is 28.8 Å². The van der Waals surface area contributed by atoms with Crippen LogP contribution in [0.15, 0.2) is 18.3 Å². The summed E-state index contributed by atoms with van der Waals surface area (Å²) in [7, 11) is 0. The zero-order chi connectivity index (χ0) is 13.3. The molecule has 3 rings (SSSR count). The normalized spacial score (nSPS) is 31.1. The van der Waals surface area contributed by atoms with Gasteiger partial charge < -0.3 is 15.7 Å². The third-order valence-electron chi connectivity index (χ3n) is 4.80. The summed E-state index contributed by atoms with van der Waals surface area (Å²) in [6.45, 7) is 2.38. The molecule has 1 aromatic heterocycles. The van der Waals surface area contributed by atoms with Gasteiger partial charge in [0.25, 0.3) is 0 Å². The van der Waals surface area contributed by atoms with Gasteiger partial charge in [-0.1, -0.05) is 12.8 Å². The molecule has 19 heavy (non-hydrogen) atoms. The third kappa shape index (κ3) is 2.47. The van der Waals surface area contributed by atoms with Crippen LogP contribution in [0.25, 0.3) is 0 Å². The Morgan fingerprint density at radius 2 is 2.32 bits per heavy atom. The lowest BCUT2D eigenvalue weighted by Gasteiger charge is -2.48. The fraction of sp³-hybridized carbons (Fsp3) is 0.667. The average Bonchev–Trinajstić information content (AvgIpc) is 2.46. The number of hydrogen-bond acceptors (Lipinski definition) is 4. The monoisotopic (exact) mass is 261 g/mol. The minimum Gasteiger partial charge on any atom is -0.389 e. The Morgan fingerprint density at radius 1 is 1.42 bits per heavy atom. The molecule has 4 nitrogen and oxygen atoms in total. The van der Waals surface area contributed by atoms with Crippen molar-refractivity contribution in [3.63, 3.8) is 0 Å². The predicted molar refractivity (Wildman–Crippen MR) is 75.9 cm³/mol. The molecule has 2 aliphatic rings. The number of fused-ring (bicyclic) bond motifs is 1. The van der Waals surface area contributed by atoms with Crippen molar-refractivity contribution in [2.45, 2.75) is 44.2 Å². The molecule has 0 bridgehead atoms. The van der Waals surface area contributed by atoms with E-state index in [4.69, 9.17) is 5.73 Å². The predicted octanol–water partition coefficient (Wildman–Crippen LogP) is 1.67. The fourth-order valence-corrected chi connectivity index (χ4v) is 3.58. The van der Waals surface area contributed by atoms with Crippen molar-refractivity contribution in [1.29, 1.82) is 0 Å². The highest BCUT2D eigenvalue weighted by Gasteiger charge is 2.42. The van der Waals surface area contributed by atoms with E-state index in [0.29, 0.717) is 12.5 Å². The SMILES string of the molecule is NCc1cc(N2CCC3(O)CCCCC3C2)ccn1. The third-order valence-corrected chi connectivity index (χ3v) is 4.80. The van der Waals surface area contributed by atoms with Crippen molar-refractivity contribution in [1.82, 2.24) is 4.98 Å². The van der Waals surface area contributed by atoms with Crippen molar-refractivity contribution in [2.75, 3.05) is 18.0 Å². The van der Waals surface area contributed by atoms with E-state index >= 15 is 0 Å². The van der Waals surface area contributed by atoms with Crippen LogP contribution in [0.2, 0.25) is 0 Å². The summed E-state index contributed by atoms with van der Waals surface area (Å²) in [5.74, 6) is 0.421. The Labute approximate surface area is 114 Å². The van der Waals surface area contributed by atoms with Crippen LogP contribution in [-0.2, 0) is 6.54 Å². The van der Waals surface area contributed by atoms with Crippen LogP contribution in [0.3, 0.4) is 0 Å². The number of aromatic nitrogens is 1. The van der Waals surface area contributed by atoms with E-state index in [2.05, 4.69) is 16.0 Å². The summed E-state index contributed by atoms with van der Waals surface area (Å²) in [5.41, 5.74) is 7.38. The van der Waals surface area contributed by atoms with E-state index in [1.165, 1.54) is 18.5 Å². The Balaban J connectivity index is 1.76. The van der Waals surface area contributed by atoms with Gasteiger partial charge in [0, 0.05) is 37.4 Å². The Bertz CT molecular complexity index is 451. The minimum atomic E-state index is -0.404. The Kier molecular flexibility index (Phi) is 3.46. The van der Waals surface area contributed by atoms with Gasteiger partial charge in [-0.25, -0.2) is 0 Å². The first kappa shape index (κ1) is 12.9. The van der Waals surface area contributed by atoms with Crippen molar-refractivity contribution >= 4 is 5.69 Å². The molecule has 1 saturated heterocycles. The molecule has 4 heteroatoms. The van der Waals surface area contributed by atoms with Gasteiger partial charge in [-0.2, -0.15) is 0 Å². The Morgan fingerprint density at radius 3 is 3.16 bits per heavy atom. The maximum atomic E-state index is 10.7. The van der Waals surface area contributed by atoms with Crippen molar-refractivity contribution in [2.24, 2.45) is 11.7 Å². The van der Waals surface area contributed by atoms with Gasteiger partial charge in [-0.3, -0.25) is 4.98 Å². The van der Waals surface area contributed by atoms with Crippen LogP contribution < -0.4 is 10.6 Å². The molecular formula is C15H23N3O. The van der Waals surface area contributed by atoms with E-state index in [1.54, 1.807) is 0 Å². The summed E-state index contributed by atoms with van der Waals surface area (Å²) in [4.78, 5) is 6.63. The van der Waals surface area contributed by atoms with Gasteiger partial charge in [-0.15, -0.1) is 0 Å². The van der Waals surface area contributed by atoms with Gasteiger partial charge in [-0.05, 0) is 31.4 Å². The van der Waals surface area contributed by atoms with Crippen molar-refractivity contribution in [3.8, 4) is 0 Å². The molecule has 2 heterocycles. The molecule has 2 fully saturated rings. The zero-order valence-electron chi connectivity index (χ0n) is 11.4. The second-order valence-corrected chi connectivity index (χ2v) is 5.95. The van der Waals surface area contributed by atoms with Crippen LogP contribution in [0.1, 0.15) is 37.8 Å². The number of anilines is 1. The lowest BCUT2D eigenvalue weighted by atomic mass is 9.71. The first-order valence-corrected chi connectivity index (χ1v) is 7.33. The van der Waals surface area contributed by atoms with E-state index in [1.807, 2.05) is 12.3 Å². The van der Waals surface area contributed by atoms with Crippen LogP contribution in [0.4, 0.5) is 5.69 Å². The number of piperidine rings is 1. The quantitative estimate of drug-likeness (QED) is 0.850. The number of nitrogens with two attached hydrogens (primary N) is 1. The van der Waals surface area contributed by atoms with Crippen LogP contribution in [0, 0.1) is 5.92 Å². The molecule has 2 unspecified atom stereocenters. The second kappa shape index (κ2) is 5.10. The summed E-state index contributed by atoms with van der Waals surface area (Å²) in [6, 6.07) is 4.12. The standard InChI is InChI=1S/C15H23N3O/c16-10-13-9-14(4-7-17-13)18-8-6-15(19)5-2-1-3-12(15)11-18/h4,7,9,12,19H,1-3,5-6,8,10-11,16H2. The molecule has 1 saturated carbocycles. The number of nitrogens with zero attached hydrogens (tertiary/aromatic N) is 2. The Hall–Kier alpha value is -1.13.